The lowest BCUT2D eigenvalue weighted by Crippen LogP contribution is -2.15. The Balaban J connectivity index is 2.63. The van der Waals surface area contributed by atoms with E-state index in [0.717, 1.165) is 25.2 Å². The van der Waals surface area contributed by atoms with E-state index in [0.29, 0.717) is 24.2 Å². The lowest BCUT2D eigenvalue weighted by Gasteiger charge is -2.14. The molecule has 0 aliphatic rings. The van der Waals surface area contributed by atoms with Gasteiger partial charge in [0.15, 0.2) is 5.82 Å². The number of rotatable bonds is 7. The van der Waals surface area contributed by atoms with Gasteiger partial charge in [-0.25, -0.2) is 9.97 Å². The molecule has 0 atom stereocenters. The van der Waals surface area contributed by atoms with E-state index in [4.69, 9.17) is 10.5 Å². The van der Waals surface area contributed by atoms with Crippen molar-refractivity contribution in [3.05, 3.63) is 11.9 Å². The van der Waals surface area contributed by atoms with Crippen LogP contribution in [-0.2, 0) is 11.3 Å². The van der Waals surface area contributed by atoms with Crippen LogP contribution in [0.2, 0.25) is 0 Å². The number of nitrogens with zero attached hydrogens (tertiary/aromatic N) is 2. The minimum atomic E-state index is 0.380. The first-order valence-corrected chi connectivity index (χ1v) is 6.05. The van der Waals surface area contributed by atoms with Crippen molar-refractivity contribution in [2.75, 3.05) is 24.7 Å². The zero-order chi connectivity index (χ0) is 12.7. The van der Waals surface area contributed by atoms with Crippen molar-refractivity contribution in [3.8, 4) is 0 Å². The molecule has 17 heavy (non-hydrogen) atoms. The second-order valence-corrected chi connectivity index (χ2v) is 4.09. The number of aromatic nitrogens is 2. The van der Waals surface area contributed by atoms with Gasteiger partial charge in [-0.1, -0.05) is 26.7 Å². The van der Waals surface area contributed by atoms with Gasteiger partial charge < -0.3 is 15.8 Å². The average Bonchev–Trinajstić information content (AvgIpc) is 2.30. The molecular formula is C12H22N4O. The standard InChI is InChI=1S/C12H22N4O/c1-4-9(5-2)7-14-11-6-10(13)15-12(16-11)8-17-3/h6,9H,4-5,7-8H2,1-3H3,(H3,13,14,15,16). The van der Waals surface area contributed by atoms with E-state index >= 15 is 0 Å². The number of ether oxygens (including phenoxy) is 1. The molecule has 0 bridgehead atoms. The van der Waals surface area contributed by atoms with Gasteiger partial charge in [-0.3, -0.25) is 0 Å². The van der Waals surface area contributed by atoms with E-state index in [1.165, 1.54) is 0 Å². The van der Waals surface area contributed by atoms with E-state index in [1.807, 2.05) is 0 Å². The van der Waals surface area contributed by atoms with Crippen LogP contribution in [0.1, 0.15) is 32.5 Å². The maximum absolute atomic E-state index is 5.71. The summed E-state index contributed by atoms with van der Waals surface area (Å²) in [6, 6.07) is 1.75. The molecule has 0 amide bonds. The lowest BCUT2D eigenvalue weighted by molar-refractivity contribution is 0.178. The Morgan fingerprint density at radius 3 is 2.65 bits per heavy atom. The zero-order valence-corrected chi connectivity index (χ0v) is 10.9. The monoisotopic (exact) mass is 238 g/mol. The molecule has 0 aliphatic carbocycles. The molecular weight excluding hydrogens is 216 g/mol. The quantitative estimate of drug-likeness (QED) is 0.760. The Morgan fingerprint density at radius 1 is 1.35 bits per heavy atom. The molecule has 0 aliphatic heterocycles. The summed E-state index contributed by atoms with van der Waals surface area (Å²) in [6.45, 7) is 5.68. The maximum atomic E-state index is 5.71. The molecule has 3 N–H and O–H groups in total. The predicted octanol–water partition coefficient (Wildman–Crippen LogP) is 2.05. The fourth-order valence-electron chi connectivity index (χ4n) is 1.63. The summed E-state index contributed by atoms with van der Waals surface area (Å²) in [5, 5.41) is 3.30. The summed E-state index contributed by atoms with van der Waals surface area (Å²) in [5.74, 6) is 2.52. The van der Waals surface area contributed by atoms with Crippen molar-refractivity contribution in [2.45, 2.75) is 33.3 Å². The highest BCUT2D eigenvalue weighted by Crippen LogP contribution is 2.12. The van der Waals surface area contributed by atoms with Crippen LogP contribution in [-0.4, -0.2) is 23.6 Å². The Kier molecular flexibility index (Phi) is 5.69. The van der Waals surface area contributed by atoms with Gasteiger partial charge in [-0.2, -0.15) is 0 Å². The van der Waals surface area contributed by atoms with Crippen LogP contribution in [0.25, 0.3) is 0 Å². The van der Waals surface area contributed by atoms with Crippen molar-refractivity contribution in [2.24, 2.45) is 5.92 Å². The highest BCUT2D eigenvalue weighted by Gasteiger charge is 2.06. The van der Waals surface area contributed by atoms with Gasteiger partial charge >= 0.3 is 0 Å². The molecule has 0 unspecified atom stereocenters. The number of nitrogens with two attached hydrogens (primary N) is 1. The smallest absolute Gasteiger partial charge is 0.158 e. The zero-order valence-electron chi connectivity index (χ0n) is 10.9. The van der Waals surface area contributed by atoms with Crippen molar-refractivity contribution in [1.29, 1.82) is 0 Å². The number of hydrogen-bond donors (Lipinski definition) is 2. The first-order valence-electron chi connectivity index (χ1n) is 6.05. The maximum Gasteiger partial charge on any atom is 0.158 e. The topological polar surface area (TPSA) is 73.1 Å². The molecule has 0 saturated heterocycles. The van der Waals surface area contributed by atoms with Gasteiger partial charge in [0.2, 0.25) is 0 Å². The SMILES string of the molecule is CCC(CC)CNc1cc(N)nc(COC)n1. The van der Waals surface area contributed by atoms with Crippen LogP contribution >= 0.6 is 0 Å². The van der Waals surface area contributed by atoms with Crippen molar-refractivity contribution >= 4 is 11.6 Å². The van der Waals surface area contributed by atoms with Crippen LogP contribution in [0.4, 0.5) is 11.6 Å². The molecule has 0 aromatic carbocycles. The molecule has 1 rings (SSSR count). The first-order chi connectivity index (χ1) is 8.19. The molecule has 5 heteroatoms. The van der Waals surface area contributed by atoms with Gasteiger partial charge in [0.05, 0.1) is 0 Å². The van der Waals surface area contributed by atoms with E-state index in [1.54, 1.807) is 13.2 Å². The van der Waals surface area contributed by atoms with Gasteiger partial charge in [-0.05, 0) is 5.92 Å². The fraction of sp³-hybridized carbons (Fsp3) is 0.667. The van der Waals surface area contributed by atoms with Gasteiger partial charge in [0.1, 0.15) is 18.2 Å². The summed E-state index contributed by atoms with van der Waals surface area (Å²) in [6.07, 6.45) is 2.32. The molecule has 0 spiro atoms. The third-order valence-corrected chi connectivity index (χ3v) is 2.79. The summed E-state index contributed by atoms with van der Waals surface area (Å²) in [5.41, 5.74) is 5.71. The fourth-order valence-corrected chi connectivity index (χ4v) is 1.63. The number of nitrogens with one attached hydrogen (secondary N) is 1. The van der Waals surface area contributed by atoms with Gasteiger partial charge in [0, 0.05) is 19.7 Å². The number of methoxy groups -OCH3 is 1. The molecule has 96 valence electrons. The van der Waals surface area contributed by atoms with Crippen molar-refractivity contribution < 1.29 is 4.74 Å². The van der Waals surface area contributed by atoms with Crippen molar-refractivity contribution in [3.63, 3.8) is 0 Å². The Labute approximate surface area is 103 Å². The number of hydrogen-bond acceptors (Lipinski definition) is 5. The molecule has 0 saturated carbocycles. The summed E-state index contributed by atoms with van der Waals surface area (Å²) < 4.78 is 5.00. The largest absolute Gasteiger partial charge is 0.384 e. The van der Waals surface area contributed by atoms with Crippen LogP contribution in [0.15, 0.2) is 6.07 Å². The van der Waals surface area contributed by atoms with Gasteiger partial charge in [0.25, 0.3) is 0 Å². The highest BCUT2D eigenvalue weighted by atomic mass is 16.5. The van der Waals surface area contributed by atoms with Crippen LogP contribution in [0, 0.1) is 5.92 Å². The van der Waals surface area contributed by atoms with Gasteiger partial charge in [-0.15, -0.1) is 0 Å². The predicted molar refractivity (Wildman–Crippen MR) is 69.7 cm³/mol. The molecule has 1 aromatic rings. The summed E-state index contributed by atoms with van der Waals surface area (Å²) in [7, 11) is 1.61. The van der Waals surface area contributed by atoms with E-state index in [-0.39, 0.29) is 0 Å². The van der Waals surface area contributed by atoms with E-state index in [2.05, 4.69) is 29.1 Å². The average molecular weight is 238 g/mol. The second-order valence-electron chi connectivity index (χ2n) is 4.09. The van der Waals surface area contributed by atoms with E-state index in [9.17, 15) is 0 Å². The van der Waals surface area contributed by atoms with Crippen molar-refractivity contribution in [1.82, 2.24) is 9.97 Å². The summed E-state index contributed by atoms with van der Waals surface area (Å²) in [4.78, 5) is 8.43. The van der Waals surface area contributed by atoms with Crippen LogP contribution in [0.5, 0.6) is 0 Å². The van der Waals surface area contributed by atoms with Crippen LogP contribution in [0.3, 0.4) is 0 Å². The third-order valence-electron chi connectivity index (χ3n) is 2.79. The Hall–Kier alpha value is -1.36. The summed E-state index contributed by atoms with van der Waals surface area (Å²) >= 11 is 0. The highest BCUT2D eigenvalue weighted by molar-refractivity contribution is 5.44. The second kappa shape index (κ2) is 7.06. The Bertz CT molecular complexity index is 339. The van der Waals surface area contributed by atoms with E-state index < -0.39 is 0 Å². The number of nitrogen functional groups attached to an aromatic ring is 1. The van der Waals surface area contributed by atoms with Crippen LogP contribution < -0.4 is 11.1 Å². The molecule has 0 radical (unpaired) electrons. The lowest BCUT2D eigenvalue weighted by atomic mass is 10.0. The minimum absolute atomic E-state index is 0.380. The number of anilines is 2. The Morgan fingerprint density at radius 2 is 2.06 bits per heavy atom. The molecule has 1 aromatic heterocycles. The molecule has 5 nitrogen and oxygen atoms in total. The molecule has 0 fully saturated rings. The first kappa shape index (κ1) is 13.7. The molecule has 1 heterocycles. The normalized spacial score (nSPS) is 10.8. The minimum Gasteiger partial charge on any atom is -0.384 e. The third kappa shape index (κ3) is 4.56.